The minimum Gasteiger partial charge on any atom is -0.497 e. The summed E-state index contributed by atoms with van der Waals surface area (Å²) in [7, 11) is 7.61. The highest BCUT2D eigenvalue weighted by molar-refractivity contribution is 5.97. The highest BCUT2D eigenvalue weighted by Gasteiger charge is 2.13. The van der Waals surface area contributed by atoms with Crippen molar-refractivity contribution in [2.24, 2.45) is 0 Å². The van der Waals surface area contributed by atoms with Gasteiger partial charge in [-0.3, -0.25) is 4.98 Å². The van der Waals surface area contributed by atoms with Crippen LogP contribution in [0.4, 0.5) is 0 Å². The van der Waals surface area contributed by atoms with Crippen LogP contribution in [0.1, 0.15) is 6.42 Å². The smallest absolute Gasteiger partial charge is 0.119 e. The number of hydrogen-bond acceptors (Lipinski definition) is 4. The number of aromatic nitrogens is 2. The molecule has 0 unspecified atom stereocenters. The van der Waals surface area contributed by atoms with Crippen LogP contribution in [0.5, 0.6) is 11.5 Å². The Morgan fingerprint density at radius 2 is 1.55 bits per heavy atom. The van der Waals surface area contributed by atoms with Crippen molar-refractivity contribution in [3.63, 3.8) is 0 Å². The van der Waals surface area contributed by atoms with E-state index in [1.54, 1.807) is 14.2 Å². The number of benzene rings is 2. The summed E-state index contributed by atoms with van der Waals surface area (Å²) in [6.45, 7) is 2.02. The van der Waals surface area contributed by atoms with Gasteiger partial charge in [-0.15, -0.1) is 0 Å². The Morgan fingerprint density at radius 1 is 0.839 bits per heavy atom. The standard InChI is InChI=1S/C26H29N3O2/c1-28(2)12-5-13-29-18-25(24-15-23(31-4)10-11-26(24)29)21-14-20(16-27-17-21)19-6-8-22(30-3)9-7-19/h6-11,14-18H,5,12-13H2,1-4H3. The molecular weight excluding hydrogens is 386 g/mol. The number of ether oxygens (including phenoxy) is 2. The first kappa shape index (κ1) is 20.9. The number of methoxy groups -OCH3 is 2. The summed E-state index contributed by atoms with van der Waals surface area (Å²) in [5.74, 6) is 1.71. The average Bonchev–Trinajstić information content (AvgIpc) is 3.16. The number of hydrogen-bond donors (Lipinski definition) is 0. The number of rotatable bonds is 8. The lowest BCUT2D eigenvalue weighted by atomic mass is 10.0. The molecule has 0 fully saturated rings. The fourth-order valence-corrected chi connectivity index (χ4v) is 3.90. The third kappa shape index (κ3) is 4.57. The quantitative estimate of drug-likeness (QED) is 0.389. The molecular formula is C26H29N3O2. The van der Waals surface area contributed by atoms with Gasteiger partial charge >= 0.3 is 0 Å². The maximum Gasteiger partial charge on any atom is 0.119 e. The molecule has 160 valence electrons. The van der Waals surface area contributed by atoms with Crippen LogP contribution in [0, 0.1) is 0 Å². The van der Waals surface area contributed by atoms with E-state index in [9.17, 15) is 0 Å². The number of aryl methyl sites for hydroxylation is 1. The van der Waals surface area contributed by atoms with Gasteiger partial charge in [-0.1, -0.05) is 12.1 Å². The van der Waals surface area contributed by atoms with Crippen LogP contribution in [0.2, 0.25) is 0 Å². The first-order valence-corrected chi connectivity index (χ1v) is 10.5. The lowest BCUT2D eigenvalue weighted by Gasteiger charge is -2.10. The zero-order valence-corrected chi connectivity index (χ0v) is 18.6. The van der Waals surface area contributed by atoms with Crippen molar-refractivity contribution in [1.29, 1.82) is 0 Å². The molecule has 0 saturated carbocycles. The van der Waals surface area contributed by atoms with Crippen molar-refractivity contribution in [1.82, 2.24) is 14.5 Å². The Kier molecular flexibility index (Phi) is 6.23. The fourth-order valence-electron chi connectivity index (χ4n) is 3.90. The third-order valence-corrected chi connectivity index (χ3v) is 5.57. The number of nitrogens with zero attached hydrogens (tertiary/aromatic N) is 3. The van der Waals surface area contributed by atoms with Crippen molar-refractivity contribution in [3.8, 4) is 33.8 Å². The largest absolute Gasteiger partial charge is 0.497 e. The Labute approximate surface area is 183 Å². The highest BCUT2D eigenvalue weighted by Crippen LogP contribution is 2.35. The molecule has 2 aromatic carbocycles. The zero-order valence-electron chi connectivity index (χ0n) is 18.6. The van der Waals surface area contributed by atoms with Crippen LogP contribution >= 0.6 is 0 Å². The second kappa shape index (κ2) is 9.23. The molecule has 0 spiro atoms. The maximum atomic E-state index is 5.51. The van der Waals surface area contributed by atoms with Crippen LogP contribution in [-0.2, 0) is 6.54 Å². The van der Waals surface area contributed by atoms with Crippen LogP contribution in [-0.4, -0.2) is 49.3 Å². The molecule has 0 aliphatic rings. The molecule has 2 aromatic heterocycles. The fraction of sp³-hybridized carbons (Fsp3) is 0.269. The van der Waals surface area contributed by atoms with Crippen molar-refractivity contribution < 1.29 is 9.47 Å². The van der Waals surface area contributed by atoms with E-state index in [1.165, 1.54) is 16.5 Å². The minimum atomic E-state index is 0.848. The van der Waals surface area contributed by atoms with Crippen LogP contribution in [0.3, 0.4) is 0 Å². The minimum absolute atomic E-state index is 0.848. The Bertz CT molecular complexity index is 1160. The van der Waals surface area contributed by atoms with Gasteiger partial charge in [0.2, 0.25) is 0 Å². The predicted molar refractivity (Wildman–Crippen MR) is 127 cm³/mol. The van der Waals surface area contributed by atoms with Gasteiger partial charge in [-0.2, -0.15) is 0 Å². The molecule has 0 aliphatic carbocycles. The van der Waals surface area contributed by atoms with Gasteiger partial charge in [-0.25, -0.2) is 0 Å². The monoisotopic (exact) mass is 415 g/mol. The molecule has 2 heterocycles. The summed E-state index contributed by atoms with van der Waals surface area (Å²) in [5.41, 5.74) is 5.67. The molecule has 0 radical (unpaired) electrons. The SMILES string of the molecule is COc1ccc(-c2cncc(-c3cn(CCCN(C)C)c4ccc(OC)cc34)c2)cc1. The summed E-state index contributed by atoms with van der Waals surface area (Å²) in [6.07, 6.45) is 7.18. The van der Waals surface area contributed by atoms with E-state index in [2.05, 4.69) is 65.1 Å². The summed E-state index contributed by atoms with van der Waals surface area (Å²) in [6, 6.07) is 16.6. The topological polar surface area (TPSA) is 39.5 Å². The lowest BCUT2D eigenvalue weighted by molar-refractivity contribution is 0.388. The van der Waals surface area contributed by atoms with Crippen LogP contribution < -0.4 is 9.47 Å². The second-order valence-electron chi connectivity index (χ2n) is 7.97. The first-order valence-electron chi connectivity index (χ1n) is 10.5. The molecule has 5 nitrogen and oxygen atoms in total. The molecule has 4 aromatic rings. The maximum absolute atomic E-state index is 5.51. The van der Waals surface area contributed by atoms with Gasteiger partial charge in [0, 0.05) is 52.7 Å². The number of fused-ring (bicyclic) bond motifs is 1. The molecule has 0 N–H and O–H groups in total. The molecule has 0 amide bonds. The average molecular weight is 416 g/mol. The van der Waals surface area contributed by atoms with E-state index in [-0.39, 0.29) is 0 Å². The molecule has 0 saturated heterocycles. The van der Waals surface area contributed by atoms with E-state index < -0.39 is 0 Å². The summed E-state index contributed by atoms with van der Waals surface area (Å²) < 4.78 is 13.1. The predicted octanol–water partition coefficient (Wildman–Crippen LogP) is 5.34. The molecule has 4 rings (SSSR count). The van der Waals surface area contributed by atoms with E-state index >= 15 is 0 Å². The molecule has 0 aliphatic heterocycles. The van der Waals surface area contributed by atoms with Crippen LogP contribution in [0.15, 0.2) is 67.1 Å². The van der Waals surface area contributed by atoms with Gasteiger partial charge in [0.1, 0.15) is 11.5 Å². The van der Waals surface area contributed by atoms with Gasteiger partial charge in [0.05, 0.1) is 14.2 Å². The molecule has 31 heavy (non-hydrogen) atoms. The second-order valence-corrected chi connectivity index (χ2v) is 7.97. The third-order valence-electron chi connectivity index (χ3n) is 5.57. The van der Waals surface area contributed by atoms with E-state index in [4.69, 9.17) is 9.47 Å². The molecule has 0 atom stereocenters. The Morgan fingerprint density at radius 3 is 2.26 bits per heavy atom. The van der Waals surface area contributed by atoms with Gasteiger partial charge < -0.3 is 18.9 Å². The van der Waals surface area contributed by atoms with Gasteiger partial charge in [-0.05, 0) is 69.0 Å². The van der Waals surface area contributed by atoms with E-state index in [1.807, 2.05) is 30.6 Å². The van der Waals surface area contributed by atoms with Gasteiger partial charge in [0.15, 0.2) is 0 Å². The Hall–Kier alpha value is -3.31. The van der Waals surface area contributed by atoms with E-state index in [0.717, 1.165) is 47.7 Å². The normalized spacial score (nSPS) is 11.3. The highest BCUT2D eigenvalue weighted by atomic mass is 16.5. The first-order chi connectivity index (χ1) is 15.1. The summed E-state index contributed by atoms with van der Waals surface area (Å²) in [4.78, 5) is 6.77. The summed E-state index contributed by atoms with van der Waals surface area (Å²) in [5, 5.41) is 1.18. The van der Waals surface area contributed by atoms with Crippen molar-refractivity contribution >= 4 is 10.9 Å². The lowest BCUT2D eigenvalue weighted by Crippen LogP contribution is -2.14. The van der Waals surface area contributed by atoms with E-state index in [0.29, 0.717) is 0 Å². The van der Waals surface area contributed by atoms with Crippen molar-refractivity contribution in [2.75, 3.05) is 34.9 Å². The number of pyridine rings is 1. The summed E-state index contributed by atoms with van der Waals surface area (Å²) >= 11 is 0. The van der Waals surface area contributed by atoms with Crippen molar-refractivity contribution in [3.05, 3.63) is 67.1 Å². The van der Waals surface area contributed by atoms with Crippen molar-refractivity contribution in [2.45, 2.75) is 13.0 Å². The van der Waals surface area contributed by atoms with Crippen LogP contribution in [0.25, 0.3) is 33.2 Å². The van der Waals surface area contributed by atoms with Gasteiger partial charge in [0.25, 0.3) is 0 Å². The molecule has 5 heteroatoms. The zero-order chi connectivity index (χ0) is 21.8. The molecule has 0 bridgehead atoms. The Balaban J connectivity index is 1.75.